The molecule has 0 spiro atoms. The Morgan fingerprint density at radius 2 is 2.10 bits per heavy atom. The molecular weight excluding hydrogens is 358 g/mol. The molecule has 0 aliphatic rings. The highest BCUT2D eigenvalue weighted by Gasteiger charge is 2.09. The van der Waals surface area contributed by atoms with Crippen molar-refractivity contribution in [3.8, 4) is 11.5 Å². The first-order valence-corrected chi connectivity index (χ1v) is 7.27. The average Bonchev–Trinajstić information content (AvgIpc) is 2.45. The van der Waals surface area contributed by atoms with Gasteiger partial charge in [0.25, 0.3) is 5.91 Å². The predicted octanol–water partition coefficient (Wildman–Crippen LogP) is 4.13. The Morgan fingerprint density at radius 1 is 1.29 bits per heavy atom. The summed E-state index contributed by atoms with van der Waals surface area (Å²) in [7, 11) is 1.52. The highest BCUT2D eigenvalue weighted by atomic mass is 79.9. The lowest BCUT2D eigenvalue weighted by Crippen LogP contribution is -2.20. The molecular formula is C15H13BrClNO3. The van der Waals surface area contributed by atoms with Gasteiger partial charge in [0.15, 0.2) is 6.61 Å². The molecule has 1 N–H and O–H groups in total. The number of carbonyl (C=O) groups is 1. The summed E-state index contributed by atoms with van der Waals surface area (Å²) < 4.78 is 11.5. The van der Waals surface area contributed by atoms with Crippen molar-refractivity contribution in [3.63, 3.8) is 0 Å². The molecule has 21 heavy (non-hydrogen) atoms. The van der Waals surface area contributed by atoms with Crippen LogP contribution >= 0.6 is 27.5 Å². The molecule has 2 rings (SSSR count). The van der Waals surface area contributed by atoms with E-state index in [1.54, 1.807) is 30.3 Å². The van der Waals surface area contributed by atoms with Crippen molar-refractivity contribution in [1.29, 1.82) is 0 Å². The minimum Gasteiger partial charge on any atom is -0.495 e. The maximum atomic E-state index is 11.9. The molecule has 110 valence electrons. The largest absolute Gasteiger partial charge is 0.495 e. The van der Waals surface area contributed by atoms with Crippen LogP contribution < -0.4 is 14.8 Å². The molecule has 0 heterocycles. The lowest BCUT2D eigenvalue weighted by molar-refractivity contribution is -0.118. The molecule has 4 nitrogen and oxygen atoms in total. The molecule has 0 aliphatic carbocycles. The number of methoxy groups -OCH3 is 1. The first-order valence-electron chi connectivity index (χ1n) is 6.10. The molecule has 0 aromatic heterocycles. The fraction of sp³-hybridized carbons (Fsp3) is 0.133. The third-order valence-electron chi connectivity index (χ3n) is 2.60. The first kappa shape index (κ1) is 15.7. The van der Waals surface area contributed by atoms with Crippen LogP contribution in [0.3, 0.4) is 0 Å². The molecule has 0 radical (unpaired) electrons. The van der Waals surface area contributed by atoms with Gasteiger partial charge >= 0.3 is 0 Å². The summed E-state index contributed by atoms with van der Waals surface area (Å²) in [6.45, 7) is -0.105. The van der Waals surface area contributed by atoms with Gasteiger partial charge in [-0.25, -0.2) is 0 Å². The second-order valence-electron chi connectivity index (χ2n) is 4.14. The maximum Gasteiger partial charge on any atom is 0.262 e. The van der Waals surface area contributed by atoms with Crippen LogP contribution in [-0.2, 0) is 4.79 Å². The van der Waals surface area contributed by atoms with E-state index in [2.05, 4.69) is 21.2 Å². The zero-order valence-electron chi connectivity index (χ0n) is 11.2. The van der Waals surface area contributed by atoms with Gasteiger partial charge in [0, 0.05) is 9.50 Å². The van der Waals surface area contributed by atoms with Gasteiger partial charge in [0.2, 0.25) is 0 Å². The summed E-state index contributed by atoms with van der Waals surface area (Å²) in [5.74, 6) is 0.850. The fourth-order valence-electron chi connectivity index (χ4n) is 1.67. The van der Waals surface area contributed by atoms with Crippen molar-refractivity contribution in [2.24, 2.45) is 0 Å². The van der Waals surface area contributed by atoms with Crippen LogP contribution in [-0.4, -0.2) is 19.6 Å². The number of ether oxygens (including phenoxy) is 2. The van der Waals surface area contributed by atoms with Gasteiger partial charge in [0.1, 0.15) is 11.5 Å². The lowest BCUT2D eigenvalue weighted by atomic mass is 10.3. The molecule has 1 amide bonds. The molecule has 0 unspecified atom stereocenters. The van der Waals surface area contributed by atoms with E-state index in [0.717, 1.165) is 4.47 Å². The average molecular weight is 371 g/mol. The van der Waals surface area contributed by atoms with Crippen LogP contribution in [0, 0.1) is 0 Å². The van der Waals surface area contributed by atoms with Crippen LogP contribution in [0.2, 0.25) is 5.02 Å². The number of anilines is 1. The molecule has 0 bridgehead atoms. The van der Waals surface area contributed by atoms with E-state index < -0.39 is 0 Å². The normalized spacial score (nSPS) is 10.0. The van der Waals surface area contributed by atoms with Crippen LogP contribution in [0.4, 0.5) is 5.69 Å². The number of halogens is 2. The number of hydrogen-bond acceptors (Lipinski definition) is 3. The Labute approximate surface area is 136 Å². The highest BCUT2D eigenvalue weighted by Crippen LogP contribution is 2.27. The molecule has 0 saturated carbocycles. The van der Waals surface area contributed by atoms with E-state index in [1.807, 2.05) is 12.1 Å². The monoisotopic (exact) mass is 369 g/mol. The zero-order valence-corrected chi connectivity index (χ0v) is 13.6. The quantitative estimate of drug-likeness (QED) is 0.861. The van der Waals surface area contributed by atoms with Crippen molar-refractivity contribution in [1.82, 2.24) is 0 Å². The number of hydrogen-bond donors (Lipinski definition) is 1. The standard InChI is InChI=1S/C15H13BrClNO3/c1-20-14-6-5-11(17)8-13(14)18-15(19)9-21-12-4-2-3-10(16)7-12/h2-8H,9H2,1H3,(H,18,19). The van der Waals surface area contributed by atoms with Crippen LogP contribution in [0.15, 0.2) is 46.9 Å². The van der Waals surface area contributed by atoms with Gasteiger partial charge in [-0.15, -0.1) is 0 Å². The van der Waals surface area contributed by atoms with E-state index in [1.165, 1.54) is 7.11 Å². The minimum absolute atomic E-state index is 0.105. The van der Waals surface area contributed by atoms with Crippen molar-refractivity contribution in [3.05, 3.63) is 52.0 Å². The van der Waals surface area contributed by atoms with Crippen molar-refractivity contribution >= 4 is 39.1 Å². The van der Waals surface area contributed by atoms with E-state index in [4.69, 9.17) is 21.1 Å². The summed E-state index contributed by atoms with van der Waals surface area (Å²) >= 11 is 9.24. The molecule has 0 saturated heterocycles. The second kappa shape index (κ2) is 7.33. The van der Waals surface area contributed by atoms with Gasteiger partial charge in [-0.3, -0.25) is 4.79 Å². The Hall–Kier alpha value is -1.72. The van der Waals surface area contributed by atoms with Gasteiger partial charge in [-0.1, -0.05) is 33.6 Å². The number of rotatable bonds is 5. The maximum absolute atomic E-state index is 11.9. The van der Waals surface area contributed by atoms with Crippen molar-refractivity contribution < 1.29 is 14.3 Å². The third-order valence-corrected chi connectivity index (χ3v) is 3.33. The fourth-order valence-corrected chi connectivity index (χ4v) is 2.22. The number of nitrogens with one attached hydrogen (secondary N) is 1. The van der Waals surface area contributed by atoms with Crippen LogP contribution in [0.25, 0.3) is 0 Å². The Balaban J connectivity index is 1.97. The zero-order chi connectivity index (χ0) is 15.2. The van der Waals surface area contributed by atoms with Gasteiger partial charge in [0.05, 0.1) is 12.8 Å². The molecule has 2 aromatic carbocycles. The predicted molar refractivity (Wildman–Crippen MR) is 86.3 cm³/mol. The number of carbonyl (C=O) groups excluding carboxylic acids is 1. The summed E-state index contributed by atoms with van der Waals surface area (Å²) in [6.07, 6.45) is 0. The van der Waals surface area contributed by atoms with E-state index in [-0.39, 0.29) is 12.5 Å². The van der Waals surface area contributed by atoms with Gasteiger partial charge in [-0.05, 0) is 36.4 Å². The van der Waals surface area contributed by atoms with Gasteiger partial charge in [-0.2, -0.15) is 0 Å². The molecule has 2 aromatic rings. The smallest absolute Gasteiger partial charge is 0.262 e. The third kappa shape index (κ3) is 4.65. The highest BCUT2D eigenvalue weighted by molar-refractivity contribution is 9.10. The van der Waals surface area contributed by atoms with Crippen LogP contribution in [0.1, 0.15) is 0 Å². The van der Waals surface area contributed by atoms with Crippen molar-refractivity contribution in [2.75, 3.05) is 19.0 Å². The van der Waals surface area contributed by atoms with Crippen LogP contribution in [0.5, 0.6) is 11.5 Å². The summed E-state index contributed by atoms with van der Waals surface area (Å²) in [4.78, 5) is 11.9. The molecule has 0 atom stereocenters. The Bertz CT molecular complexity index is 649. The van der Waals surface area contributed by atoms with Gasteiger partial charge < -0.3 is 14.8 Å². The first-order chi connectivity index (χ1) is 10.1. The molecule has 0 fully saturated rings. The van der Waals surface area contributed by atoms with E-state index in [9.17, 15) is 4.79 Å². The molecule has 6 heteroatoms. The minimum atomic E-state index is -0.296. The second-order valence-corrected chi connectivity index (χ2v) is 5.49. The summed E-state index contributed by atoms with van der Waals surface area (Å²) in [6, 6.07) is 12.3. The number of amides is 1. The Morgan fingerprint density at radius 3 is 2.81 bits per heavy atom. The number of benzene rings is 2. The van der Waals surface area contributed by atoms with E-state index >= 15 is 0 Å². The summed E-state index contributed by atoms with van der Waals surface area (Å²) in [5.41, 5.74) is 0.507. The topological polar surface area (TPSA) is 47.6 Å². The van der Waals surface area contributed by atoms with E-state index in [0.29, 0.717) is 22.2 Å². The lowest BCUT2D eigenvalue weighted by Gasteiger charge is -2.11. The Kier molecular flexibility index (Phi) is 5.47. The summed E-state index contributed by atoms with van der Waals surface area (Å²) in [5, 5.41) is 3.22. The molecule has 0 aliphatic heterocycles. The SMILES string of the molecule is COc1ccc(Cl)cc1NC(=O)COc1cccc(Br)c1. The van der Waals surface area contributed by atoms with Crippen molar-refractivity contribution in [2.45, 2.75) is 0 Å².